The molecule has 0 fully saturated rings. The van der Waals surface area contributed by atoms with Crippen LogP contribution in [0.1, 0.15) is 15.9 Å². The molecule has 2 aromatic rings. The van der Waals surface area contributed by atoms with Crippen LogP contribution in [0.2, 0.25) is 5.15 Å². The van der Waals surface area contributed by atoms with Crippen LogP contribution in [0.15, 0.2) is 30.6 Å². The molecular weight excluding hydrogens is 256 g/mol. The Bertz CT molecular complexity index is 602. The molecule has 0 spiro atoms. The smallest absolute Gasteiger partial charge is 0.335 e. The molecule has 0 atom stereocenters. The van der Waals surface area contributed by atoms with Gasteiger partial charge in [-0.05, 0) is 24.6 Å². The van der Waals surface area contributed by atoms with E-state index in [1.807, 2.05) is 6.92 Å². The standard InChI is InChI=1S/C12H9ClN2O3/c1-7-2-3-8(12(16)17)4-9(7)18-11-5-10(13)14-6-15-11/h2-6H,1H3,(H,16,17). The van der Waals surface area contributed by atoms with Crippen LogP contribution >= 0.6 is 11.6 Å². The van der Waals surface area contributed by atoms with Gasteiger partial charge in [-0.25, -0.2) is 14.8 Å². The molecule has 18 heavy (non-hydrogen) atoms. The molecule has 0 saturated carbocycles. The van der Waals surface area contributed by atoms with Gasteiger partial charge in [0.15, 0.2) is 0 Å². The summed E-state index contributed by atoms with van der Waals surface area (Å²) in [7, 11) is 0. The molecule has 5 nitrogen and oxygen atoms in total. The molecule has 2 rings (SSSR count). The van der Waals surface area contributed by atoms with Crippen molar-refractivity contribution in [2.75, 3.05) is 0 Å². The maximum absolute atomic E-state index is 10.9. The van der Waals surface area contributed by atoms with Crippen molar-refractivity contribution in [3.63, 3.8) is 0 Å². The van der Waals surface area contributed by atoms with E-state index in [0.717, 1.165) is 5.56 Å². The largest absolute Gasteiger partial charge is 0.478 e. The SMILES string of the molecule is Cc1ccc(C(=O)O)cc1Oc1cc(Cl)ncn1. The number of carboxylic acid groups (broad SMARTS) is 1. The van der Waals surface area contributed by atoms with E-state index in [9.17, 15) is 4.79 Å². The van der Waals surface area contributed by atoms with Gasteiger partial charge >= 0.3 is 5.97 Å². The third-order valence-corrected chi connectivity index (χ3v) is 2.46. The molecule has 1 heterocycles. The van der Waals surface area contributed by atoms with Gasteiger partial charge in [0.2, 0.25) is 5.88 Å². The van der Waals surface area contributed by atoms with Crippen molar-refractivity contribution < 1.29 is 14.6 Å². The van der Waals surface area contributed by atoms with Gasteiger partial charge in [0.05, 0.1) is 5.56 Å². The van der Waals surface area contributed by atoms with Crippen LogP contribution in [0.5, 0.6) is 11.6 Å². The van der Waals surface area contributed by atoms with Gasteiger partial charge in [-0.2, -0.15) is 0 Å². The van der Waals surface area contributed by atoms with Gasteiger partial charge in [0.25, 0.3) is 0 Å². The first-order valence-corrected chi connectivity index (χ1v) is 5.43. The summed E-state index contributed by atoms with van der Waals surface area (Å²) in [4.78, 5) is 18.5. The molecule has 92 valence electrons. The molecule has 6 heteroatoms. The number of aryl methyl sites for hydroxylation is 1. The van der Waals surface area contributed by atoms with Gasteiger partial charge in [-0.15, -0.1) is 0 Å². The average molecular weight is 265 g/mol. The van der Waals surface area contributed by atoms with E-state index >= 15 is 0 Å². The zero-order chi connectivity index (χ0) is 13.1. The Hall–Kier alpha value is -2.14. The molecule has 0 bridgehead atoms. The molecule has 0 saturated heterocycles. The Kier molecular flexibility index (Phi) is 3.43. The van der Waals surface area contributed by atoms with Crippen molar-refractivity contribution in [1.29, 1.82) is 0 Å². The first-order chi connectivity index (χ1) is 8.56. The van der Waals surface area contributed by atoms with Crippen LogP contribution in [0.25, 0.3) is 0 Å². The van der Waals surface area contributed by atoms with E-state index < -0.39 is 5.97 Å². The predicted molar refractivity (Wildman–Crippen MR) is 65.3 cm³/mol. The lowest BCUT2D eigenvalue weighted by Gasteiger charge is -2.08. The number of nitrogens with zero attached hydrogens (tertiary/aromatic N) is 2. The van der Waals surface area contributed by atoms with Crippen molar-refractivity contribution in [3.8, 4) is 11.6 Å². The highest BCUT2D eigenvalue weighted by atomic mass is 35.5. The number of halogens is 1. The number of carboxylic acids is 1. The van der Waals surface area contributed by atoms with E-state index in [1.54, 1.807) is 6.07 Å². The zero-order valence-corrected chi connectivity index (χ0v) is 10.2. The van der Waals surface area contributed by atoms with E-state index in [4.69, 9.17) is 21.4 Å². The highest BCUT2D eigenvalue weighted by Gasteiger charge is 2.08. The zero-order valence-electron chi connectivity index (χ0n) is 9.42. The van der Waals surface area contributed by atoms with Crippen LogP contribution in [0, 0.1) is 6.92 Å². The van der Waals surface area contributed by atoms with Gasteiger partial charge in [-0.1, -0.05) is 17.7 Å². The molecule has 1 N–H and O–H groups in total. The molecule has 0 unspecified atom stereocenters. The molecule has 1 aromatic heterocycles. The van der Waals surface area contributed by atoms with Gasteiger partial charge in [0, 0.05) is 6.07 Å². The number of rotatable bonds is 3. The average Bonchev–Trinajstić information content (AvgIpc) is 2.31. The summed E-state index contributed by atoms with van der Waals surface area (Å²) in [5, 5.41) is 9.16. The van der Waals surface area contributed by atoms with Crippen molar-refractivity contribution in [1.82, 2.24) is 9.97 Å². The Morgan fingerprint density at radius 1 is 1.33 bits per heavy atom. The minimum Gasteiger partial charge on any atom is -0.478 e. The molecule has 0 amide bonds. The fourth-order valence-corrected chi connectivity index (χ4v) is 1.47. The maximum atomic E-state index is 10.9. The summed E-state index contributed by atoms with van der Waals surface area (Å²) in [6.45, 7) is 1.81. The second-order valence-electron chi connectivity index (χ2n) is 3.57. The monoisotopic (exact) mass is 264 g/mol. The van der Waals surface area contributed by atoms with Crippen LogP contribution in [-0.4, -0.2) is 21.0 Å². The Labute approximate surface area is 108 Å². The van der Waals surface area contributed by atoms with E-state index in [-0.39, 0.29) is 16.6 Å². The number of ether oxygens (including phenoxy) is 1. The minimum atomic E-state index is -1.01. The van der Waals surface area contributed by atoms with E-state index in [2.05, 4.69) is 9.97 Å². The van der Waals surface area contributed by atoms with Crippen LogP contribution < -0.4 is 4.74 Å². The van der Waals surface area contributed by atoms with Gasteiger partial charge in [0.1, 0.15) is 17.2 Å². The van der Waals surface area contributed by atoms with Crippen LogP contribution in [0.4, 0.5) is 0 Å². The summed E-state index contributed by atoms with van der Waals surface area (Å²) >= 11 is 5.71. The maximum Gasteiger partial charge on any atom is 0.335 e. The summed E-state index contributed by atoms with van der Waals surface area (Å²) in [6.07, 6.45) is 1.27. The molecule has 0 aliphatic carbocycles. The fourth-order valence-electron chi connectivity index (χ4n) is 1.33. The second kappa shape index (κ2) is 5.01. The van der Waals surface area contributed by atoms with Gasteiger partial charge < -0.3 is 9.84 Å². The molecule has 0 aliphatic rings. The van der Waals surface area contributed by atoms with Crippen molar-refractivity contribution in [2.24, 2.45) is 0 Å². The van der Waals surface area contributed by atoms with Crippen LogP contribution in [-0.2, 0) is 0 Å². The van der Waals surface area contributed by atoms with Gasteiger partial charge in [-0.3, -0.25) is 0 Å². The Morgan fingerprint density at radius 3 is 2.78 bits per heavy atom. The first kappa shape index (κ1) is 12.3. The highest BCUT2D eigenvalue weighted by Crippen LogP contribution is 2.25. The number of hydrogen-bond acceptors (Lipinski definition) is 4. The first-order valence-electron chi connectivity index (χ1n) is 5.05. The third-order valence-electron chi connectivity index (χ3n) is 2.26. The fraction of sp³-hybridized carbons (Fsp3) is 0.0833. The minimum absolute atomic E-state index is 0.149. The van der Waals surface area contributed by atoms with Crippen LogP contribution in [0.3, 0.4) is 0 Å². The molecule has 0 radical (unpaired) electrons. The number of aromatic carboxylic acids is 1. The Morgan fingerprint density at radius 2 is 2.11 bits per heavy atom. The lowest BCUT2D eigenvalue weighted by molar-refractivity contribution is 0.0696. The van der Waals surface area contributed by atoms with Crippen molar-refractivity contribution in [2.45, 2.75) is 6.92 Å². The lowest BCUT2D eigenvalue weighted by atomic mass is 10.1. The summed E-state index contributed by atoms with van der Waals surface area (Å²) in [5.74, 6) is -0.328. The highest BCUT2D eigenvalue weighted by molar-refractivity contribution is 6.29. The quantitative estimate of drug-likeness (QED) is 0.863. The Balaban J connectivity index is 2.33. The summed E-state index contributed by atoms with van der Waals surface area (Å²) in [6, 6.07) is 6.07. The van der Waals surface area contributed by atoms with Crippen molar-refractivity contribution in [3.05, 3.63) is 46.9 Å². The normalized spacial score (nSPS) is 10.1. The van der Waals surface area contributed by atoms with Crippen molar-refractivity contribution >= 4 is 17.6 Å². The predicted octanol–water partition coefficient (Wildman–Crippen LogP) is 2.93. The summed E-state index contributed by atoms with van der Waals surface area (Å²) < 4.78 is 5.48. The molecule has 1 aromatic carbocycles. The van der Waals surface area contributed by atoms with E-state index in [0.29, 0.717) is 5.75 Å². The number of aromatic nitrogens is 2. The third kappa shape index (κ3) is 2.75. The lowest BCUT2D eigenvalue weighted by Crippen LogP contribution is -1.98. The number of benzene rings is 1. The molecular formula is C12H9ClN2O3. The number of hydrogen-bond donors (Lipinski definition) is 1. The summed E-state index contributed by atoms with van der Waals surface area (Å²) in [5.41, 5.74) is 0.950. The molecule has 0 aliphatic heterocycles. The van der Waals surface area contributed by atoms with E-state index in [1.165, 1.54) is 24.5 Å². The topological polar surface area (TPSA) is 72.3 Å². The number of carbonyl (C=O) groups is 1. The second-order valence-corrected chi connectivity index (χ2v) is 3.95.